The molecule has 0 spiro atoms. The Balaban J connectivity index is 1.45. The maximum atomic E-state index is 2.44. The fraction of sp³-hybridized carbons (Fsp3) is 0. The van der Waals surface area contributed by atoms with Gasteiger partial charge in [-0.25, -0.2) is 0 Å². The quantitative estimate of drug-likeness (QED) is 0.181. The van der Waals surface area contributed by atoms with Crippen molar-refractivity contribution in [1.29, 1.82) is 0 Å². The summed E-state index contributed by atoms with van der Waals surface area (Å²) in [5.41, 5.74) is 9.98. The average Bonchev–Trinajstić information content (AvgIpc) is 3.13. The Morgan fingerprint density at radius 3 is 1.30 bits per heavy atom. The van der Waals surface area contributed by atoms with Crippen molar-refractivity contribution in [3.63, 3.8) is 0 Å². The summed E-state index contributed by atoms with van der Waals surface area (Å²) in [4.78, 5) is 0. The zero-order chi connectivity index (χ0) is 30.5. The fourth-order valence-corrected chi connectivity index (χ4v) is 7.26. The molecule has 0 heterocycles. The first kappa shape index (κ1) is 26.4. The molecule has 0 N–H and O–H groups in total. The maximum Gasteiger partial charge on any atom is -0.00259 e. The molecule has 0 aromatic heterocycles. The smallest absolute Gasteiger partial charge is 0.00259 e. The highest BCUT2D eigenvalue weighted by Gasteiger charge is 2.19. The van der Waals surface area contributed by atoms with Crippen molar-refractivity contribution in [2.75, 3.05) is 0 Å². The number of hydrogen-bond donors (Lipinski definition) is 0. The molecule has 0 amide bonds. The maximum absolute atomic E-state index is 2.44. The van der Waals surface area contributed by atoms with Gasteiger partial charge in [-0.2, -0.15) is 0 Å². The monoisotopic (exact) mass is 582 g/mol. The van der Waals surface area contributed by atoms with E-state index in [2.05, 4.69) is 182 Å². The Morgan fingerprint density at radius 1 is 0.217 bits per heavy atom. The Kier molecular flexibility index (Phi) is 6.25. The molecule has 9 rings (SSSR count). The van der Waals surface area contributed by atoms with Gasteiger partial charge >= 0.3 is 0 Å². The van der Waals surface area contributed by atoms with Gasteiger partial charge in [0.25, 0.3) is 0 Å². The largest absolute Gasteiger partial charge is 0.0622 e. The van der Waals surface area contributed by atoms with Gasteiger partial charge in [-0.15, -0.1) is 0 Å². The van der Waals surface area contributed by atoms with Gasteiger partial charge in [0.05, 0.1) is 0 Å². The van der Waals surface area contributed by atoms with E-state index in [0.29, 0.717) is 0 Å². The van der Waals surface area contributed by atoms with Crippen LogP contribution >= 0.6 is 0 Å². The highest BCUT2D eigenvalue weighted by Crippen LogP contribution is 2.46. The van der Waals surface area contributed by atoms with Gasteiger partial charge in [-0.05, 0) is 118 Å². The lowest BCUT2D eigenvalue weighted by Crippen LogP contribution is -1.92. The second-order valence-corrected chi connectivity index (χ2v) is 12.1. The first-order valence-electron chi connectivity index (χ1n) is 15.9. The van der Waals surface area contributed by atoms with Gasteiger partial charge in [0, 0.05) is 0 Å². The highest BCUT2D eigenvalue weighted by molar-refractivity contribution is 6.24. The van der Waals surface area contributed by atoms with Crippen LogP contribution in [0.2, 0.25) is 0 Å². The summed E-state index contributed by atoms with van der Waals surface area (Å²) >= 11 is 0. The minimum atomic E-state index is 1.22. The Hall–Kier alpha value is -5.98. The zero-order valence-electron chi connectivity index (χ0n) is 25.3. The zero-order valence-corrected chi connectivity index (χ0v) is 25.3. The molecular weight excluding hydrogens is 553 g/mol. The highest BCUT2D eigenvalue weighted by atomic mass is 14.2. The average molecular weight is 583 g/mol. The van der Waals surface area contributed by atoms with Crippen molar-refractivity contribution in [2.45, 2.75) is 0 Å². The first-order chi connectivity index (χ1) is 22.8. The molecule has 9 aromatic rings. The van der Waals surface area contributed by atoms with Gasteiger partial charge in [-0.1, -0.05) is 152 Å². The molecule has 9 aromatic carbocycles. The molecule has 0 heteroatoms. The van der Waals surface area contributed by atoms with Crippen LogP contribution in [0.3, 0.4) is 0 Å². The molecule has 0 unspecified atom stereocenters. The van der Waals surface area contributed by atoms with Crippen LogP contribution in [0.4, 0.5) is 0 Å². The Morgan fingerprint density at radius 2 is 0.696 bits per heavy atom. The molecule has 214 valence electrons. The summed E-state index contributed by atoms with van der Waals surface area (Å²) in [5, 5.41) is 10.1. The van der Waals surface area contributed by atoms with Crippen LogP contribution in [0, 0.1) is 0 Å². The van der Waals surface area contributed by atoms with Crippen molar-refractivity contribution >= 4 is 43.1 Å². The summed E-state index contributed by atoms with van der Waals surface area (Å²) in [6, 6.07) is 66.6. The van der Waals surface area contributed by atoms with E-state index in [-0.39, 0.29) is 0 Å². The molecule has 46 heavy (non-hydrogen) atoms. The summed E-state index contributed by atoms with van der Waals surface area (Å²) in [6.45, 7) is 0. The molecule has 0 nitrogen and oxygen atoms in total. The van der Waals surface area contributed by atoms with Gasteiger partial charge < -0.3 is 0 Å². The lowest BCUT2D eigenvalue weighted by Gasteiger charge is -2.20. The molecule has 0 radical (unpaired) electrons. The van der Waals surface area contributed by atoms with E-state index in [1.165, 1.54) is 87.6 Å². The molecule has 0 fully saturated rings. The fourth-order valence-electron chi connectivity index (χ4n) is 7.26. The molecular formula is C46H30. The van der Waals surface area contributed by atoms with E-state index in [9.17, 15) is 0 Å². The van der Waals surface area contributed by atoms with E-state index in [4.69, 9.17) is 0 Å². The lowest BCUT2D eigenvalue weighted by molar-refractivity contribution is 1.63. The predicted octanol–water partition coefficient (Wildman–Crippen LogP) is 13.0. The third-order valence-electron chi connectivity index (χ3n) is 9.39. The van der Waals surface area contributed by atoms with Crippen molar-refractivity contribution in [2.24, 2.45) is 0 Å². The van der Waals surface area contributed by atoms with Gasteiger partial charge in [0.15, 0.2) is 0 Å². The van der Waals surface area contributed by atoms with Crippen molar-refractivity contribution in [3.05, 3.63) is 182 Å². The number of fused-ring (bicyclic) bond motifs is 4. The molecule has 0 bridgehead atoms. The third kappa shape index (κ3) is 4.38. The van der Waals surface area contributed by atoms with Crippen LogP contribution in [-0.2, 0) is 0 Å². The number of benzene rings is 9. The topological polar surface area (TPSA) is 0 Å². The predicted molar refractivity (Wildman–Crippen MR) is 198 cm³/mol. The number of rotatable bonds is 4. The Labute approximate surface area is 268 Å². The second-order valence-electron chi connectivity index (χ2n) is 12.1. The van der Waals surface area contributed by atoms with E-state index in [0.717, 1.165) is 0 Å². The molecule has 0 atom stereocenters. The van der Waals surface area contributed by atoms with Crippen LogP contribution in [0.1, 0.15) is 0 Å². The van der Waals surface area contributed by atoms with Crippen molar-refractivity contribution < 1.29 is 0 Å². The standard InChI is InChI=1S/C46H30/c1-5-14-31(15-6-1)35-24-25-40-42(27-35)46(34-20-11-4-12-21-34)44-30-38-28-41-36(22-13-23-39(41)32-16-7-2-8-17-32)26-37(38)29-43(44)45(40)33-18-9-3-10-19-33/h1-30H. The van der Waals surface area contributed by atoms with Crippen molar-refractivity contribution in [1.82, 2.24) is 0 Å². The van der Waals surface area contributed by atoms with Crippen LogP contribution in [0.25, 0.3) is 87.6 Å². The lowest BCUT2D eigenvalue weighted by atomic mass is 9.83. The number of hydrogen-bond acceptors (Lipinski definition) is 0. The first-order valence-corrected chi connectivity index (χ1v) is 15.9. The van der Waals surface area contributed by atoms with Gasteiger partial charge in [0.1, 0.15) is 0 Å². The summed E-state index contributed by atoms with van der Waals surface area (Å²) < 4.78 is 0. The molecule has 0 saturated carbocycles. The minimum absolute atomic E-state index is 1.22. The van der Waals surface area contributed by atoms with Crippen LogP contribution in [0.15, 0.2) is 182 Å². The Bertz CT molecular complexity index is 2530. The van der Waals surface area contributed by atoms with Crippen LogP contribution in [-0.4, -0.2) is 0 Å². The SMILES string of the molecule is c1ccc(-c2ccc3c(-c4ccccc4)c4cc5cc6cccc(-c7ccccc7)c6cc5cc4c(-c4ccccc4)c3c2)cc1. The van der Waals surface area contributed by atoms with Gasteiger partial charge in [0.2, 0.25) is 0 Å². The van der Waals surface area contributed by atoms with E-state index < -0.39 is 0 Å². The normalized spacial score (nSPS) is 11.5. The summed E-state index contributed by atoms with van der Waals surface area (Å²) in [5.74, 6) is 0. The molecule has 0 aliphatic rings. The van der Waals surface area contributed by atoms with E-state index >= 15 is 0 Å². The van der Waals surface area contributed by atoms with E-state index in [1.807, 2.05) is 0 Å². The molecule has 0 aliphatic carbocycles. The second kappa shape index (κ2) is 10.9. The van der Waals surface area contributed by atoms with Crippen LogP contribution in [0.5, 0.6) is 0 Å². The van der Waals surface area contributed by atoms with E-state index in [1.54, 1.807) is 0 Å². The summed E-state index contributed by atoms with van der Waals surface area (Å²) in [6.07, 6.45) is 0. The molecule has 0 saturated heterocycles. The minimum Gasteiger partial charge on any atom is -0.0622 e. The molecule has 0 aliphatic heterocycles. The third-order valence-corrected chi connectivity index (χ3v) is 9.39. The van der Waals surface area contributed by atoms with Crippen LogP contribution < -0.4 is 0 Å². The van der Waals surface area contributed by atoms with Gasteiger partial charge in [-0.3, -0.25) is 0 Å². The summed E-state index contributed by atoms with van der Waals surface area (Å²) in [7, 11) is 0. The van der Waals surface area contributed by atoms with Crippen molar-refractivity contribution in [3.8, 4) is 44.5 Å².